The zero-order chi connectivity index (χ0) is 14.4. The summed E-state index contributed by atoms with van der Waals surface area (Å²) in [5, 5.41) is 8.63. The summed E-state index contributed by atoms with van der Waals surface area (Å²) in [6, 6.07) is 0.494. The molecule has 19 heavy (non-hydrogen) atoms. The molecule has 0 radical (unpaired) electrons. The summed E-state index contributed by atoms with van der Waals surface area (Å²) >= 11 is 6.30. The number of hydrogen-bond acceptors (Lipinski definition) is 3. The van der Waals surface area contributed by atoms with E-state index in [1.165, 1.54) is 0 Å². The first-order valence-corrected chi connectivity index (χ1v) is 7.42. The van der Waals surface area contributed by atoms with Crippen LogP contribution in [-0.2, 0) is 6.54 Å². The van der Waals surface area contributed by atoms with Crippen LogP contribution in [0.2, 0.25) is 5.02 Å². The number of hydrogen-bond donors (Lipinski definition) is 1. The van der Waals surface area contributed by atoms with E-state index < -0.39 is 0 Å². The number of rotatable bonds is 8. The molecule has 110 valence electrons. The van der Waals surface area contributed by atoms with Gasteiger partial charge in [-0.05, 0) is 34.0 Å². The minimum atomic E-state index is 0.409. The van der Waals surface area contributed by atoms with Gasteiger partial charge in [0.1, 0.15) is 0 Å². The van der Waals surface area contributed by atoms with Crippen molar-refractivity contribution in [2.24, 2.45) is 0 Å². The molecule has 1 rings (SSSR count). The van der Waals surface area contributed by atoms with Gasteiger partial charge in [0.2, 0.25) is 0 Å². The van der Waals surface area contributed by atoms with Crippen LogP contribution in [0.5, 0.6) is 0 Å². The molecule has 0 aliphatic rings. The van der Waals surface area contributed by atoms with Crippen molar-refractivity contribution in [3.05, 3.63) is 16.9 Å². The molecule has 2 atom stereocenters. The minimum Gasteiger partial charge on any atom is -0.315 e. The minimum absolute atomic E-state index is 0.409. The van der Waals surface area contributed by atoms with E-state index in [9.17, 15) is 0 Å². The molecule has 5 heteroatoms. The lowest BCUT2D eigenvalue weighted by atomic mass is 9.99. The first-order valence-electron chi connectivity index (χ1n) is 7.05. The highest BCUT2D eigenvalue weighted by molar-refractivity contribution is 6.31. The van der Waals surface area contributed by atoms with E-state index in [4.69, 9.17) is 11.6 Å². The zero-order valence-electron chi connectivity index (χ0n) is 12.8. The molecule has 1 aromatic rings. The van der Waals surface area contributed by atoms with Gasteiger partial charge in [0.05, 0.1) is 23.5 Å². The summed E-state index contributed by atoms with van der Waals surface area (Å²) in [4.78, 5) is 2.16. The molecule has 0 spiro atoms. The molecule has 4 nitrogen and oxygen atoms in total. The molecule has 1 heterocycles. The third kappa shape index (κ3) is 5.13. The van der Waals surface area contributed by atoms with Crippen LogP contribution in [-0.4, -0.2) is 47.9 Å². The quantitative estimate of drug-likeness (QED) is 0.797. The van der Waals surface area contributed by atoms with E-state index >= 15 is 0 Å². The Balaban J connectivity index is 2.72. The topological polar surface area (TPSA) is 33.1 Å². The molecule has 0 aromatic carbocycles. The highest BCUT2D eigenvalue weighted by Gasteiger charge is 2.18. The van der Waals surface area contributed by atoms with E-state index in [-0.39, 0.29) is 0 Å². The van der Waals surface area contributed by atoms with E-state index in [1.807, 2.05) is 4.68 Å². The van der Waals surface area contributed by atoms with Crippen molar-refractivity contribution >= 4 is 11.6 Å². The number of halogens is 1. The van der Waals surface area contributed by atoms with Crippen LogP contribution in [0.25, 0.3) is 0 Å². The van der Waals surface area contributed by atoms with Gasteiger partial charge in [-0.3, -0.25) is 4.68 Å². The van der Waals surface area contributed by atoms with Gasteiger partial charge in [-0.2, -0.15) is 5.10 Å². The second kappa shape index (κ2) is 7.88. The van der Waals surface area contributed by atoms with E-state index in [0.29, 0.717) is 12.0 Å². The van der Waals surface area contributed by atoms with Gasteiger partial charge in [-0.15, -0.1) is 0 Å². The van der Waals surface area contributed by atoms with Gasteiger partial charge in [0.25, 0.3) is 0 Å². The Morgan fingerprint density at radius 3 is 2.68 bits per heavy atom. The monoisotopic (exact) mass is 286 g/mol. The maximum Gasteiger partial charge on any atom is 0.0820 e. The third-order valence-electron chi connectivity index (χ3n) is 3.32. The molecule has 0 aliphatic carbocycles. The molecule has 0 fully saturated rings. The average Bonchev–Trinajstić information content (AvgIpc) is 2.68. The number of likely N-dealkylation sites (N-methyl/N-ethyl adjacent to an activating group) is 1. The lowest BCUT2D eigenvalue weighted by molar-refractivity contribution is 0.364. The van der Waals surface area contributed by atoms with Crippen molar-refractivity contribution in [2.75, 3.05) is 27.2 Å². The lowest BCUT2D eigenvalue weighted by Crippen LogP contribution is -2.28. The Labute approximate surface area is 122 Å². The van der Waals surface area contributed by atoms with Gasteiger partial charge in [0.15, 0.2) is 0 Å². The lowest BCUT2D eigenvalue weighted by Gasteiger charge is -2.20. The van der Waals surface area contributed by atoms with Gasteiger partial charge >= 0.3 is 0 Å². The largest absolute Gasteiger partial charge is 0.315 e. The third-order valence-corrected chi connectivity index (χ3v) is 3.61. The van der Waals surface area contributed by atoms with Gasteiger partial charge in [0, 0.05) is 18.5 Å². The molecule has 2 unspecified atom stereocenters. The fraction of sp³-hybridized carbons (Fsp3) is 0.786. The Morgan fingerprint density at radius 2 is 2.11 bits per heavy atom. The van der Waals surface area contributed by atoms with Gasteiger partial charge in [-0.25, -0.2) is 0 Å². The molecular weight excluding hydrogens is 260 g/mol. The summed E-state index contributed by atoms with van der Waals surface area (Å²) in [5.41, 5.74) is 1.16. The predicted octanol–water partition coefficient (Wildman–Crippen LogP) is 2.59. The highest BCUT2D eigenvalue weighted by atomic mass is 35.5. The smallest absolute Gasteiger partial charge is 0.0820 e. The van der Waals surface area contributed by atoms with Gasteiger partial charge < -0.3 is 10.2 Å². The molecular formula is C14H27ClN4. The van der Waals surface area contributed by atoms with Crippen molar-refractivity contribution in [1.82, 2.24) is 20.0 Å². The Kier molecular flexibility index (Phi) is 6.83. The highest BCUT2D eigenvalue weighted by Crippen LogP contribution is 2.27. The van der Waals surface area contributed by atoms with Crippen LogP contribution in [0.4, 0.5) is 0 Å². The van der Waals surface area contributed by atoms with Crippen LogP contribution in [0.3, 0.4) is 0 Å². The Hall–Kier alpha value is -0.580. The SMILES string of the molecule is CCNC(C)CC(C)c1c(Cl)cnn1CCN(C)C. The van der Waals surface area contributed by atoms with Gasteiger partial charge in [-0.1, -0.05) is 25.4 Å². The second-order valence-electron chi connectivity index (χ2n) is 5.50. The molecule has 1 aromatic heterocycles. The fourth-order valence-corrected chi connectivity index (χ4v) is 2.74. The van der Waals surface area contributed by atoms with Crippen molar-refractivity contribution in [2.45, 2.75) is 45.7 Å². The summed E-state index contributed by atoms with van der Waals surface area (Å²) in [6.45, 7) is 9.43. The second-order valence-corrected chi connectivity index (χ2v) is 5.91. The Bertz CT molecular complexity index is 376. The predicted molar refractivity (Wildman–Crippen MR) is 82.0 cm³/mol. The van der Waals surface area contributed by atoms with Crippen molar-refractivity contribution < 1.29 is 0 Å². The van der Waals surface area contributed by atoms with Crippen LogP contribution in [0.1, 0.15) is 38.8 Å². The van der Waals surface area contributed by atoms with E-state index in [2.05, 4.69) is 50.2 Å². The van der Waals surface area contributed by atoms with Crippen molar-refractivity contribution in [3.63, 3.8) is 0 Å². The van der Waals surface area contributed by atoms with Crippen LogP contribution >= 0.6 is 11.6 Å². The number of nitrogens with zero attached hydrogens (tertiary/aromatic N) is 3. The fourth-order valence-electron chi connectivity index (χ4n) is 2.41. The molecule has 0 bridgehead atoms. The summed E-state index contributed by atoms with van der Waals surface area (Å²) < 4.78 is 2.05. The number of nitrogens with one attached hydrogen (secondary N) is 1. The standard InChI is InChI=1S/C14H27ClN4/c1-6-16-12(3)9-11(2)14-13(15)10-17-19(14)8-7-18(4)5/h10-12,16H,6-9H2,1-5H3. The van der Waals surface area contributed by atoms with Crippen LogP contribution in [0.15, 0.2) is 6.20 Å². The molecule has 1 N–H and O–H groups in total. The maximum atomic E-state index is 6.30. The Morgan fingerprint density at radius 1 is 1.42 bits per heavy atom. The average molecular weight is 287 g/mol. The molecule has 0 saturated heterocycles. The maximum absolute atomic E-state index is 6.30. The van der Waals surface area contributed by atoms with E-state index in [0.717, 1.165) is 36.8 Å². The van der Waals surface area contributed by atoms with E-state index in [1.54, 1.807) is 6.20 Å². The summed E-state index contributed by atoms with van der Waals surface area (Å²) in [5.74, 6) is 0.409. The molecule has 0 aliphatic heterocycles. The molecule has 0 amide bonds. The summed E-state index contributed by atoms with van der Waals surface area (Å²) in [7, 11) is 4.14. The normalized spacial score (nSPS) is 14.9. The summed E-state index contributed by atoms with van der Waals surface area (Å²) in [6.07, 6.45) is 2.84. The van der Waals surface area contributed by atoms with Crippen LogP contribution in [0, 0.1) is 0 Å². The zero-order valence-corrected chi connectivity index (χ0v) is 13.5. The van der Waals surface area contributed by atoms with Crippen molar-refractivity contribution in [3.8, 4) is 0 Å². The first-order chi connectivity index (χ1) is 8.95. The van der Waals surface area contributed by atoms with Crippen LogP contribution < -0.4 is 5.32 Å². The van der Waals surface area contributed by atoms with Crippen molar-refractivity contribution in [1.29, 1.82) is 0 Å². The number of aromatic nitrogens is 2. The molecule has 0 saturated carbocycles. The first kappa shape index (κ1) is 16.5.